The molecule has 94 valence electrons. The Morgan fingerprint density at radius 1 is 1.06 bits per heavy atom. The van der Waals surface area contributed by atoms with E-state index in [-0.39, 0.29) is 0 Å². The second-order valence-corrected chi connectivity index (χ2v) is 5.23. The molecule has 1 aliphatic heterocycles. The van der Waals surface area contributed by atoms with E-state index in [0.717, 1.165) is 6.04 Å². The molecule has 0 aromatic rings. The van der Waals surface area contributed by atoms with Gasteiger partial charge in [-0.25, -0.2) is 0 Å². The van der Waals surface area contributed by atoms with Gasteiger partial charge >= 0.3 is 0 Å². The Morgan fingerprint density at radius 3 is 2.56 bits per heavy atom. The van der Waals surface area contributed by atoms with Crippen molar-refractivity contribution in [2.75, 3.05) is 39.3 Å². The third-order valence-corrected chi connectivity index (χ3v) is 3.90. The normalized spacial score (nSPS) is 24.8. The van der Waals surface area contributed by atoms with E-state index in [2.05, 4.69) is 15.5 Å². The summed E-state index contributed by atoms with van der Waals surface area (Å²) < 4.78 is 0. The van der Waals surface area contributed by atoms with E-state index >= 15 is 0 Å². The van der Waals surface area contributed by atoms with Crippen LogP contribution in [-0.4, -0.2) is 50.2 Å². The SMILES string of the molecule is C1CCC(NCCCN2CCNCC2)CC1. The van der Waals surface area contributed by atoms with Gasteiger partial charge in [-0.05, 0) is 32.4 Å². The second-order valence-electron chi connectivity index (χ2n) is 5.23. The molecule has 1 heterocycles. The summed E-state index contributed by atoms with van der Waals surface area (Å²) in [6.07, 6.45) is 8.47. The topological polar surface area (TPSA) is 27.3 Å². The Bertz CT molecular complexity index is 152. The van der Waals surface area contributed by atoms with Crippen molar-refractivity contribution in [2.45, 2.75) is 44.6 Å². The van der Waals surface area contributed by atoms with Crippen LogP contribution in [0.1, 0.15) is 38.5 Å². The number of piperazine rings is 1. The van der Waals surface area contributed by atoms with Crippen LogP contribution in [0.4, 0.5) is 0 Å². The van der Waals surface area contributed by atoms with E-state index in [1.807, 2.05) is 0 Å². The highest BCUT2D eigenvalue weighted by Gasteiger charge is 2.12. The average Bonchev–Trinajstić information content (AvgIpc) is 2.37. The Labute approximate surface area is 100.0 Å². The van der Waals surface area contributed by atoms with Crippen molar-refractivity contribution in [3.8, 4) is 0 Å². The zero-order valence-electron chi connectivity index (χ0n) is 10.5. The zero-order valence-corrected chi connectivity index (χ0v) is 10.5. The van der Waals surface area contributed by atoms with E-state index in [1.54, 1.807) is 0 Å². The van der Waals surface area contributed by atoms with Gasteiger partial charge in [-0.2, -0.15) is 0 Å². The summed E-state index contributed by atoms with van der Waals surface area (Å²) in [5, 5.41) is 7.12. The fourth-order valence-electron chi connectivity index (χ4n) is 2.85. The van der Waals surface area contributed by atoms with Crippen molar-refractivity contribution in [3.63, 3.8) is 0 Å². The molecule has 1 aliphatic carbocycles. The lowest BCUT2D eigenvalue weighted by Gasteiger charge is -2.28. The maximum absolute atomic E-state index is 3.72. The molecule has 3 heteroatoms. The molecular formula is C13H27N3. The lowest BCUT2D eigenvalue weighted by molar-refractivity contribution is 0.235. The monoisotopic (exact) mass is 225 g/mol. The van der Waals surface area contributed by atoms with Crippen molar-refractivity contribution in [2.24, 2.45) is 0 Å². The molecule has 2 rings (SSSR count). The smallest absolute Gasteiger partial charge is 0.0107 e. The molecule has 1 saturated heterocycles. The van der Waals surface area contributed by atoms with E-state index < -0.39 is 0 Å². The lowest BCUT2D eigenvalue weighted by Crippen LogP contribution is -2.44. The van der Waals surface area contributed by atoms with Gasteiger partial charge in [0.05, 0.1) is 0 Å². The van der Waals surface area contributed by atoms with Crippen molar-refractivity contribution in [3.05, 3.63) is 0 Å². The number of hydrogen-bond acceptors (Lipinski definition) is 3. The summed E-state index contributed by atoms with van der Waals surface area (Å²) >= 11 is 0. The second kappa shape index (κ2) is 7.25. The van der Waals surface area contributed by atoms with Crippen LogP contribution in [0.15, 0.2) is 0 Å². The maximum Gasteiger partial charge on any atom is 0.0107 e. The van der Waals surface area contributed by atoms with Crippen LogP contribution in [0.5, 0.6) is 0 Å². The molecule has 0 bridgehead atoms. The van der Waals surface area contributed by atoms with Crippen molar-refractivity contribution < 1.29 is 0 Å². The van der Waals surface area contributed by atoms with E-state index in [9.17, 15) is 0 Å². The van der Waals surface area contributed by atoms with E-state index in [4.69, 9.17) is 0 Å². The first-order chi connectivity index (χ1) is 7.95. The van der Waals surface area contributed by atoms with Gasteiger partial charge in [0.25, 0.3) is 0 Å². The molecule has 0 spiro atoms. The summed E-state index contributed by atoms with van der Waals surface area (Å²) in [5.74, 6) is 0. The van der Waals surface area contributed by atoms with Crippen LogP contribution >= 0.6 is 0 Å². The molecule has 0 aromatic heterocycles. The van der Waals surface area contributed by atoms with Gasteiger partial charge in [-0.3, -0.25) is 0 Å². The lowest BCUT2D eigenvalue weighted by atomic mass is 9.95. The summed E-state index contributed by atoms with van der Waals surface area (Å²) in [7, 11) is 0. The van der Waals surface area contributed by atoms with Crippen LogP contribution in [0.2, 0.25) is 0 Å². The van der Waals surface area contributed by atoms with Gasteiger partial charge in [0.15, 0.2) is 0 Å². The van der Waals surface area contributed by atoms with Gasteiger partial charge in [0.2, 0.25) is 0 Å². The minimum atomic E-state index is 0.830. The predicted octanol–water partition coefficient (Wildman–Crippen LogP) is 1.20. The summed E-state index contributed by atoms with van der Waals surface area (Å²) in [6, 6.07) is 0.830. The molecule has 1 saturated carbocycles. The number of hydrogen-bond donors (Lipinski definition) is 2. The largest absolute Gasteiger partial charge is 0.314 e. The number of nitrogens with zero attached hydrogens (tertiary/aromatic N) is 1. The highest BCUT2D eigenvalue weighted by molar-refractivity contribution is 4.72. The maximum atomic E-state index is 3.72. The first-order valence-electron chi connectivity index (χ1n) is 7.11. The Kier molecular flexibility index (Phi) is 5.59. The standard InChI is InChI=1S/C13H27N3/c1-2-5-13(6-3-1)15-7-4-10-16-11-8-14-9-12-16/h13-15H,1-12H2. The van der Waals surface area contributed by atoms with Crippen LogP contribution in [0.3, 0.4) is 0 Å². The van der Waals surface area contributed by atoms with Crippen LogP contribution in [0.25, 0.3) is 0 Å². The first-order valence-corrected chi connectivity index (χ1v) is 7.11. The van der Waals surface area contributed by atoms with Crippen LogP contribution in [0, 0.1) is 0 Å². The van der Waals surface area contributed by atoms with Crippen LogP contribution < -0.4 is 10.6 Å². The molecule has 16 heavy (non-hydrogen) atoms. The van der Waals surface area contributed by atoms with Gasteiger partial charge in [-0.15, -0.1) is 0 Å². The fraction of sp³-hybridized carbons (Fsp3) is 1.00. The third-order valence-electron chi connectivity index (χ3n) is 3.90. The van der Waals surface area contributed by atoms with Gasteiger partial charge in [-0.1, -0.05) is 19.3 Å². The number of rotatable bonds is 5. The van der Waals surface area contributed by atoms with E-state index in [1.165, 1.54) is 77.8 Å². The molecule has 0 unspecified atom stereocenters. The van der Waals surface area contributed by atoms with Gasteiger partial charge < -0.3 is 15.5 Å². The minimum absolute atomic E-state index is 0.830. The predicted molar refractivity (Wildman–Crippen MR) is 68.8 cm³/mol. The molecule has 2 fully saturated rings. The summed E-state index contributed by atoms with van der Waals surface area (Å²) in [6.45, 7) is 7.33. The van der Waals surface area contributed by atoms with Gasteiger partial charge in [0, 0.05) is 32.2 Å². The fourth-order valence-corrected chi connectivity index (χ4v) is 2.85. The minimum Gasteiger partial charge on any atom is -0.314 e. The molecule has 2 N–H and O–H groups in total. The third kappa shape index (κ3) is 4.40. The highest BCUT2D eigenvalue weighted by Crippen LogP contribution is 2.17. The van der Waals surface area contributed by atoms with E-state index in [0.29, 0.717) is 0 Å². The van der Waals surface area contributed by atoms with Crippen LogP contribution in [-0.2, 0) is 0 Å². The highest BCUT2D eigenvalue weighted by atomic mass is 15.2. The Balaban J connectivity index is 1.47. The molecule has 0 atom stereocenters. The number of nitrogens with one attached hydrogen (secondary N) is 2. The molecule has 0 aromatic carbocycles. The summed E-state index contributed by atoms with van der Waals surface area (Å²) in [4.78, 5) is 2.58. The molecular weight excluding hydrogens is 198 g/mol. The van der Waals surface area contributed by atoms with Crippen molar-refractivity contribution in [1.82, 2.24) is 15.5 Å². The Morgan fingerprint density at radius 2 is 1.81 bits per heavy atom. The summed E-state index contributed by atoms with van der Waals surface area (Å²) in [5.41, 5.74) is 0. The molecule has 3 nitrogen and oxygen atoms in total. The van der Waals surface area contributed by atoms with Crippen molar-refractivity contribution in [1.29, 1.82) is 0 Å². The molecule has 0 radical (unpaired) electrons. The average molecular weight is 225 g/mol. The zero-order chi connectivity index (χ0) is 11.1. The molecule has 2 aliphatic rings. The van der Waals surface area contributed by atoms with Gasteiger partial charge in [0.1, 0.15) is 0 Å². The molecule has 0 amide bonds. The Hall–Kier alpha value is -0.120. The van der Waals surface area contributed by atoms with Crippen molar-refractivity contribution >= 4 is 0 Å². The quantitative estimate of drug-likeness (QED) is 0.689. The first kappa shape index (κ1) is 12.3.